The van der Waals surface area contributed by atoms with Gasteiger partial charge in [-0.15, -0.1) is 0 Å². The molecule has 1 aliphatic heterocycles. The lowest BCUT2D eigenvalue weighted by molar-refractivity contribution is 0.357. The summed E-state index contributed by atoms with van der Waals surface area (Å²) >= 11 is 0. The predicted molar refractivity (Wildman–Crippen MR) is 94.2 cm³/mol. The smallest absolute Gasteiger partial charge is 0.261 e. The molecular weight excluding hydrogens is 318 g/mol. The van der Waals surface area contributed by atoms with Gasteiger partial charge in [-0.25, -0.2) is 0 Å². The van der Waals surface area contributed by atoms with Crippen LogP contribution >= 0.6 is 0 Å². The van der Waals surface area contributed by atoms with Crippen molar-refractivity contribution in [2.75, 3.05) is 11.9 Å². The van der Waals surface area contributed by atoms with E-state index in [1.54, 1.807) is 16.9 Å². The monoisotopic (exact) mass is 335 g/mol. The molecule has 1 aromatic carbocycles. The van der Waals surface area contributed by atoms with Gasteiger partial charge in [0.05, 0.1) is 30.7 Å². The van der Waals surface area contributed by atoms with Gasteiger partial charge in [0.25, 0.3) is 5.56 Å². The van der Waals surface area contributed by atoms with Gasteiger partial charge in [-0.2, -0.15) is 10.4 Å². The van der Waals surface area contributed by atoms with E-state index >= 15 is 0 Å². The fraction of sp³-hybridized carbons (Fsp3) is 0.278. The molecule has 7 heteroatoms. The second-order valence-electron chi connectivity index (χ2n) is 6.12. The average molecular weight is 335 g/mol. The summed E-state index contributed by atoms with van der Waals surface area (Å²) in [5.41, 5.74) is 2.49. The zero-order chi connectivity index (χ0) is 17.4. The Morgan fingerprint density at radius 2 is 2.36 bits per heavy atom. The number of fused-ring (bicyclic) bond motifs is 2. The zero-order valence-corrected chi connectivity index (χ0v) is 13.7. The van der Waals surface area contributed by atoms with E-state index in [4.69, 9.17) is 10.00 Å². The highest BCUT2D eigenvalue weighted by atomic mass is 16.5. The number of H-pyrrole nitrogens is 1. The molecule has 3 heterocycles. The van der Waals surface area contributed by atoms with Crippen molar-refractivity contribution in [3.05, 3.63) is 46.4 Å². The average Bonchev–Trinajstić information content (AvgIpc) is 3.20. The third-order valence-electron chi connectivity index (χ3n) is 4.39. The largest absolute Gasteiger partial charge is 0.493 e. The number of ether oxygens (including phenoxy) is 1. The van der Waals surface area contributed by atoms with Crippen molar-refractivity contribution in [2.45, 2.75) is 25.8 Å². The lowest BCUT2D eigenvalue weighted by atomic mass is 10.1. The summed E-state index contributed by atoms with van der Waals surface area (Å²) in [4.78, 5) is 15.0. The standard InChI is InChI=1S/C18H17N5O2/c1-11(4-7-19)23-14-5-8-20-18(24)16(14)17(22-23)21-13-2-3-15-12(10-13)6-9-25-15/h2-3,5,8,10-11H,4,6,9H2,1H3,(H,20,24)(H,21,22). The number of hydrogen-bond donors (Lipinski definition) is 2. The number of nitrogens with zero attached hydrogens (tertiary/aromatic N) is 3. The second kappa shape index (κ2) is 5.98. The maximum atomic E-state index is 12.3. The Morgan fingerprint density at radius 3 is 3.20 bits per heavy atom. The molecule has 7 nitrogen and oxygen atoms in total. The third kappa shape index (κ3) is 2.62. The molecule has 2 aromatic heterocycles. The summed E-state index contributed by atoms with van der Waals surface area (Å²) in [6, 6.07) is 9.68. The fourth-order valence-corrected chi connectivity index (χ4v) is 3.14. The Hall–Kier alpha value is -3.27. The Morgan fingerprint density at radius 1 is 1.48 bits per heavy atom. The molecule has 0 amide bonds. The molecule has 0 fully saturated rings. The summed E-state index contributed by atoms with van der Waals surface area (Å²) in [7, 11) is 0. The first-order valence-electron chi connectivity index (χ1n) is 8.17. The summed E-state index contributed by atoms with van der Waals surface area (Å²) in [5.74, 6) is 1.39. The number of benzene rings is 1. The lowest BCUT2D eigenvalue weighted by Crippen LogP contribution is -2.08. The zero-order valence-electron chi connectivity index (χ0n) is 13.7. The first kappa shape index (κ1) is 15.3. The van der Waals surface area contributed by atoms with Crippen LogP contribution in [-0.2, 0) is 6.42 Å². The highest BCUT2D eigenvalue weighted by Crippen LogP contribution is 2.31. The molecule has 1 aliphatic rings. The maximum Gasteiger partial charge on any atom is 0.261 e. The van der Waals surface area contributed by atoms with Gasteiger partial charge in [0.15, 0.2) is 5.82 Å². The lowest BCUT2D eigenvalue weighted by Gasteiger charge is -2.09. The molecule has 3 aromatic rings. The summed E-state index contributed by atoms with van der Waals surface area (Å²) in [5, 5.41) is 17.3. The van der Waals surface area contributed by atoms with Gasteiger partial charge in [-0.05, 0) is 36.8 Å². The van der Waals surface area contributed by atoms with Crippen LogP contribution in [0.25, 0.3) is 10.9 Å². The number of nitrogens with one attached hydrogen (secondary N) is 2. The molecule has 0 saturated carbocycles. The van der Waals surface area contributed by atoms with Crippen molar-refractivity contribution >= 4 is 22.4 Å². The minimum absolute atomic E-state index is 0.127. The van der Waals surface area contributed by atoms with Crippen LogP contribution in [0.2, 0.25) is 0 Å². The van der Waals surface area contributed by atoms with E-state index in [1.165, 1.54) is 0 Å². The number of pyridine rings is 1. The van der Waals surface area contributed by atoms with E-state index in [9.17, 15) is 4.79 Å². The quantitative estimate of drug-likeness (QED) is 0.764. The van der Waals surface area contributed by atoms with Crippen molar-refractivity contribution in [2.24, 2.45) is 0 Å². The fourth-order valence-electron chi connectivity index (χ4n) is 3.14. The molecule has 126 valence electrons. The minimum Gasteiger partial charge on any atom is -0.493 e. The molecule has 0 radical (unpaired) electrons. The molecule has 25 heavy (non-hydrogen) atoms. The molecule has 1 unspecified atom stereocenters. The topological polar surface area (TPSA) is 95.7 Å². The van der Waals surface area contributed by atoms with E-state index in [1.807, 2.05) is 25.1 Å². The molecule has 2 N–H and O–H groups in total. The number of rotatable bonds is 4. The molecule has 0 aliphatic carbocycles. The molecule has 0 saturated heterocycles. The van der Waals surface area contributed by atoms with Crippen LogP contribution < -0.4 is 15.6 Å². The summed E-state index contributed by atoms with van der Waals surface area (Å²) in [6.07, 6.45) is 2.79. The van der Waals surface area contributed by atoms with Gasteiger partial charge >= 0.3 is 0 Å². The SMILES string of the molecule is CC(CC#N)n1nc(Nc2ccc3c(c2)CCO3)c2c(=O)[nH]ccc21. The first-order chi connectivity index (χ1) is 12.2. The van der Waals surface area contributed by atoms with Gasteiger partial charge in [0, 0.05) is 18.3 Å². The summed E-state index contributed by atoms with van der Waals surface area (Å²) < 4.78 is 7.25. The van der Waals surface area contributed by atoms with Gasteiger partial charge < -0.3 is 15.0 Å². The maximum absolute atomic E-state index is 12.3. The van der Waals surface area contributed by atoms with Crippen molar-refractivity contribution in [3.63, 3.8) is 0 Å². The van der Waals surface area contributed by atoms with Crippen LogP contribution in [0.1, 0.15) is 24.9 Å². The van der Waals surface area contributed by atoms with E-state index < -0.39 is 0 Å². The third-order valence-corrected chi connectivity index (χ3v) is 4.39. The molecule has 1 atom stereocenters. The Bertz CT molecular complexity index is 1040. The van der Waals surface area contributed by atoms with Gasteiger partial charge in [-0.1, -0.05) is 0 Å². The Balaban J connectivity index is 1.79. The number of anilines is 2. The Labute approximate surface area is 143 Å². The van der Waals surface area contributed by atoms with E-state index in [0.717, 1.165) is 23.4 Å². The van der Waals surface area contributed by atoms with E-state index in [0.29, 0.717) is 29.7 Å². The number of hydrogen-bond acceptors (Lipinski definition) is 5. The van der Waals surface area contributed by atoms with Crippen molar-refractivity contribution in [3.8, 4) is 11.8 Å². The molecule has 0 spiro atoms. The van der Waals surface area contributed by atoms with Crippen molar-refractivity contribution in [1.29, 1.82) is 5.26 Å². The minimum atomic E-state index is -0.208. The van der Waals surface area contributed by atoms with Gasteiger partial charge in [0.2, 0.25) is 0 Å². The van der Waals surface area contributed by atoms with Crippen LogP contribution in [0, 0.1) is 11.3 Å². The molecular formula is C18H17N5O2. The number of aromatic amines is 1. The number of nitriles is 1. The Kier molecular flexibility index (Phi) is 3.65. The highest BCUT2D eigenvalue weighted by molar-refractivity contribution is 5.91. The van der Waals surface area contributed by atoms with Crippen LogP contribution in [0.15, 0.2) is 35.3 Å². The second-order valence-corrected chi connectivity index (χ2v) is 6.12. The van der Waals surface area contributed by atoms with E-state index in [-0.39, 0.29) is 11.6 Å². The number of aromatic nitrogens is 3. The predicted octanol–water partition coefficient (Wildman–Crippen LogP) is 2.88. The van der Waals surface area contributed by atoms with Gasteiger partial charge in [0.1, 0.15) is 11.1 Å². The van der Waals surface area contributed by atoms with E-state index in [2.05, 4.69) is 21.5 Å². The van der Waals surface area contributed by atoms with Crippen molar-refractivity contribution in [1.82, 2.24) is 14.8 Å². The van der Waals surface area contributed by atoms with Gasteiger partial charge in [-0.3, -0.25) is 9.48 Å². The van der Waals surface area contributed by atoms with Crippen LogP contribution in [0.5, 0.6) is 5.75 Å². The normalized spacial score (nSPS) is 13.9. The van der Waals surface area contributed by atoms with Crippen LogP contribution in [-0.4, -0.2) is 21.4 Å². The van der Waals surface area contributed by atoms with Crippen molar-refractivity contribution < 1.29 is 4.74 Å². The summed E-state index contributed by atoms with van der Waals surface area (Å²) in [6.45, 7) is 2.61. The molecule has 4 rings (SSSR count). The van der Waals surface area contributed by atoms with Crippen LogP contribution in [0.3, 0.4) is 0 Å². The molecule has 0 bridgehead atoms. The van der Waals surface area contributed by atoms with Crippen LogP contribution in [0.4, 0.5) is 11.5 Å². The first-order valence-corrected chi connectivity index (χ1v) is 8.17. The highest BCUT2D eigenvalue weighted by Gasteiger charge is 2.18.